The molecule has 0 saturated carbocycles. The van der Waals surface area contributed by atoms with Gasteiger partial charge in [0.1, 0.15) is 0 Å². The van der Waals surface area contributed by atoms with Crippen LogP contribution < -0.4 is 15.9 Å². The third kappa shape index (κ3) is 7.97. The molecule has 0 aliphatic rings. The molecule has 0 aliphatic heterocycles. The summed E-state index contributed by atoms with van der Waals surface area (Å²) in [7, 11) is -0.446. The Morgan fingerprint density at radius 1 is 0.600 bits per heavy atom. The zero-order chi connectivity index (χ0) is 15.6. The quantitative estimate of drug-likeness (QED) is 0.160. The Morgan fingerprint density at radius 2 is 0.800 bits per heavy atom. The molecular weight excluding hydrogens is 526 g/mol. The van der Waals surface area contributed by atoms with E-state index < -0.39 is 7.92 Å². The van der Waals surface area contributed by atoms with Gasteiger partial charge in [0.25, 0.3) is 0 Å². The summed E-state index contributed by atoms with van der Waals surface area (Å²) in [5.74, 6) is 0. The van der Waals surface area contributed by atoms with E-state index in [0.717, 1.165) is 0 Å². The number of thiocyanates is 1. The molecule has 0 aromatic heterocycles. The van der Waals surface area contributed by atoms with E-state index in [1.165, 1.54) is 21.3 Å². The Kier molecular flexibility index (Phi) is 15.3. The molecule has 0 atom stereocenters. The molecule has 3 aromatic carbocycles. The number of nitriles is 1. The fourth-order valence-corrected chi connectivity index (χ4v) is 4.48. The number of rotatable bonds is 3. The first kappa shape index (κ1) is 25.8. The van der Waals surface area contributed by atoms with Crippen LogP contribution in [0.1, 0.15) is 0 Å². The normalized spacial score (nSPS) is 8.32. The van der Waals surface area contributed by atoms with Crippen molar-refractivity contribution in [1.29, 1.82) is 5.26 Å². The van der Waals surface area contributed by atoms with Crippen LogP contribution in [0.3, 0.4) is 0 Å². The topological polar surface area (TPSA) is 23.8 Å². The molecule has 4 heteroatoms. The minimum Gasteiger partial charge on any atom is -0.696 e. The van der Waals surface area contributed by atoms with Gasteiger partial charge in [-0.3, -0.25) is 0 Å². The van der Waals surface area contributed by atoms with Crippen LogP contribution in [-0.2, 0) is 35.0 Å². The van der Waals surface area contributed by atoms with Crippen molar-refractivity contribution in [2.45, 2.75) is 0 Å². The summed E-state index contributed by atoms with van der Waals surface area (Å²) in [5, 5.41) is 12.7. The van der Waals surface area contributed by atoms with Crippen molar-refractivity contribution in [1.82, 2.24) is 0 Å². The molecule has 3 aromatic rings. The van der Waals surface area contributed by atoms with E-state index in [2.05, 4.69) is 104 Å². The molecule has 1 nitrogen and oxygen atoms in total. The van der Waals surface area contributed by atoms with Gasteiger partial charge in [0.2, 0.25) is 0 Å². The molecule has 0 N–H and O–H groups in total. The molecule has 0 heterocycles. The molecule has 0 radical (unpaired) electrons. The number of hydrogen-bond donors (Lipinski definition) is 0. The Morgan fingerprint density at radius 3 is 1.00 bits per heavy atom. The van der Waals surface area contributed by atoms with Crippen LogP contribution in [0.5, 0.6) is 0 Å². The first-order valence-electron chi connectivity index (χ1n) is 6.83. The van der Waals surface area contributed by atoms with Gasteiger partial charge in [0, 0.05) is 0 Å². The maximum absolute atomic E-state index is 7.13. The standard InChI is InChI=1S/C18H15P.CHNS.2CH3.Au/c1-4-10-16(11-5-1)19(17-12-6-2-7-13-17)18-14-8-3-9-15-18;2-1-3;;;/h1-15H;3H;2*1H3;/q;;2*-1;+3/p-1. The fraction of sp³-hybridized carbons (Fsp3) is 0. The minimum absolute atomic E-state index is 0. The van der Waals surface area contributed by atoms with Crippen LogP contribution >= 0.6 is 7.92 Å². The second-order valence-corrected chi connectivity index (χ2v) is 6.84. The summed E-state index contributed by atoms with van der Waals surface area (Å²) in [6.45, 7) is 0. The van der Waals surface area contributed by atoms with Crippen LogP contribution in [0, 0.1) is 25.5 Å². The largest absolute Gasteiger partial charge is 3.00 e. The second-order valence-electron chi connectivity index (χ2n) is 4.43. The summed E-state index contributed by atoms with van der Waals surface area (Å²) in [6, 6.07) is 32.3. The van der Waals surface area contributed by atoms with E-state index in [4.69, 9.17) is 5.26 Å². The average Bonchev–Trinajstić information content (AvgIpc) is 2.59. The van der Waals surface area contributed by atoms with Gasteiger partial charge < -0.3 is 27.5 Å². The van der Waals surface area contributed by atoms with E-state index in [-0.39, 0.29) is 37.2 Å². The van der Waals surface area contributed by atoms with Gasteiger partial charge in [-0.2, -0.15) is 0 Å². The summed E-state index contributed by atoms with van der Waals surface area (Å²) < 4.78 is 0. The smallest absolute Gasteiger partial charge is 0.696 e. The van der Waals surface area contributed by atoms with Gasteiger partial charge in [0.05, 0.1) is 0 Å². The van der Waals surface area contributed by atoms with Gasteiger partial charge in [-0.05, 0) is 23.8 Å². The van der Waals surface area contributed by atoms with Crippen LogP contribution in [0.2, 0.25) is 0 Å². The molecule has 0 saturated heterocycles. The van der Waals surface area contributed by atoms with Crippen molar-refractivity contribution in [3.8, 4) is 5.40 Å². The average molecular weight is 547 g/mol. The number of hydrogen-bond acceptors (Lipinski definition) is 2. The van der Waals surface area contributed by atoms with E-state index >= 15 is 0 Å². The molecule has 0 bridgehead atoms. The maximum Gasteiger partial charge on any atom is 3.00 e. The second kappa shape index (κ2) is 14.8. The summed E-state index contributed by atoms with van der Waals surface area (Å²) in [6.07, 6.45) is 0. The number of nitrogens with zero attached hydrogens (tertiary/aromatic N) is 1. The first-order valence-corrected chi connectivity index (χ1v) is 8.58. The van der Waals surface area contributed by atoms with Gasteiger partial charge in [-0.25, -0.2) is 5.26 Å². The van der Waals surface area contributed by atoms with Crippen molar-refractivity contribution >= 4 is 36.5 Å². The molecule has 3 rings (SSSR count). The molecule has 0 spiro atoms. The van der Waals surface area contributed by atoms with Crippen LogP contribution in [0.4, 0.5) is 0 Å². The van der Waals surface area contributed by atoms with E-state index in [1.54, 1.807) is 0 Å². The summed E-state index contributed by atoms with van der Waals surface area (Å²) >= 11 is 3.70. The van der Waals surface area contributed by atoms with Crippen molar-refractivity contribution < 1.29 is 22.4 Å². The van der Waals surface area contributed by atoms with Gasteiger partial charge in [-0.1, -0.05) is 96.4 Å². The molecule has 0 fully saturated rings. The van der Waals surface area contributed by atoms with Crippen molar-refractivity contribution in [3.05, 3.63) is 106 Å². The van der Waals surface area contributed by atoms with E-state index in [1.807, 2.05) is 0 Å². The number of benzene rings is 3. The van der Waals surface area contributed by atoms with Crippen LogP contribution in [0.15, 0.2) is 91.0 Å². The van der Waals surface area contributed by atoms with Gasteiger partial charge >= 0.3 is 22.4 Å². The maximum atomic E-state index is 7.13. The summed E-state index contributed by atoms with van der Waals surface area (Å²) in [4.78, 5) is 0. The molecule has 25 heavy (non-hydrogen) atoms. The zero-order valence-corrected chi connectivity index (χ0v) is 18.1. The van der Waals surface area contributed by atoms with Gasteiger partial charge in [0.15, 0.2) is 0 Å². The molecular formula is C21H21AuNPS. The molecule has 132 valence electrons. The molecule has 0 unspecified atom stereocenters. The van der Waals surface area contributed by atoms with Crippen LogP contribution in [0.25, 0.3) is 0 Å². The first-order chi connectivity index (χ1) is 10.9. The monoisotopic (exact) mass is 547 g/mol. The van der Waals surface area contributed by atoms with Crippen molar-refractivity contribution in [2.24, 2.45) is 0 Å². The Balaban J connectivity index is 0. The zero-order valence-electron chi connectivity index (χ0n) is 14.3. The Labute approximate surface area is 174 Å². The molecule has 0 aliphatic carbocycles. The third-order valence-corrected chi connectivity index (χ3v) is 5.49. The Hall–Kier alpha value is -1.46. The van der Waals surface area contributed by atoms with E-state index in [9.17, 15) is 0 Å². The Bertz CT molecular complexity index is 621. The van der Waals surface area contributed by atoms with Crippen LogP contribution in [-0.4, -0.2) is 0 Å². The third-order valence-electron chi connectivity index (χ3n) is 3.04. The fourth-order valence-electron chi connectivity index (χ4n) is 2.18. The van der Waals surface area contributed by atoms with Gasteiger partial charge in [-0.15, -0.1) is 0 Å². The minimum atomic E-state index is -0.446. The van der Waals surface area contributed by atoms with Crippen molar-refractivity contribution in [2.75, 3.05) is 0 Å². The molecule has 0 amide bonds. The van der Waals surface area contributed by atoms with Crippen molar-refractivity contribution in [3.63, 3.8) is 0 Å². The van der Waals surface area contributed by atoms with E-state index in [0.29, 0.717) is 0 Å². The SMILES string of the molecule is N#C[S-].[Au+3].[CH3-].[CH3-].c1ccc(P(c2ccccc2)c2ccccc2)cc1. The predicted octanol–water partition coefficient (Wildman–Crippen LogP) is 4.36. The summed E-state index contributed by atoms with van der Waals surface area (Å²) in [5.41, 5.74) is 0. The predicted molar refractivity (Wildman–Crippen MR) is 111 cm³/mol.